The number of anilines is 2. The zero-order chi connectivity index (χ0) is 22.2. The number of amides is 2. The number of nitrogens with one attached hydrogen (secondary N) is 2. The molecule has 0 aliphatic rings. The molecule has 0 aliphatic heterocycles. The van der Waals surface area contributed by atoms with Gasteiger partial charge < -0.3 is 10.6 Å². The Morgan fingerprint density at radius 3 is 1.34 bits per heavy atom. The van der Waals surface area contributed by atoms with Gasteiger partial charge in [0.1, 0.15) is 0 Å². The average molecular weight is 422 g/mol. The lowest BCUT2D eigenvalue weighted by atomic mass is 10.2. The van der Waals surface area contributed by atoms with Crippen molar-refractivity contribution in [2.45, 2.75) is 0 Å². The molecule has 0 radical (unpaired) electrons. The fraction of sp³-hybridized carbons (Fsp3) is 0. The summed E-state index contributed by atoms with van der Waals surface area (Å²) in [5.41, 5.74) is 3.44. The number of aromatic nitrogens is 2. The predicted molar refractivity (Wildman–Crippen MR) is 121 cm³/mol. The Morgan fingerprint density at radius 2 is 1.00 bits per heavy atom. The van der Waals surface area contributed by atoms with Gasteiger partial charge in [-0.2, -0.15) is 10.2 Å². The number of pyridine rings is 2. The molecule has 2 N–H and O–H groups in total. The van der Waals surface area contributed by atoms with Crippen LogP contribution in [0.5, 0.6) is 0 Å². The van der Waals surface area contributed by atoms with E-state index in [1.807, 2.05) is 0 Å². The van der Waals surface area contributed by atoms with Crippen molar-refractivity contribution in [3.63, 3.8) is 0 Å². The van der Waals surface area contributed by atoms with Crippen LogP contribution in [-0.2, 0) is 0 Å². The molecule has 2 aromatic carbocycles. The molecule has 2 aromatic heterocycles. The third-order valence-electron chi connectivity index (χ3n) is 4.38. The second kappa shape index (κ2) is 9.86. The normalized spacial score (nSPS) is 10.6. The Hall–Kier alpha value is -4.72. The molecule has 2 amide bonds. The lowest BCUT2D eigenvalue weighted by Gasteiger charge is -2.05. The van der Waals surface area contributed by atoms with Gasteiger partial charge in [0.25, 0.3) is 11.8 Å². The van der Waals surface area contributed by atoms with E-state index in [2.05, 4.69) is 30.8 Å². The molecule has 0 unspecified atom stereocenters. The van der Waals surface area contributed by atoms with Gasteiger partial charge in [0.15, 0.2) is 0 Å². The number of azo groups is 1. The predicted octanol–water partition coefficient (Wildman–Crippen LogP) is 5.40. The Morgan fingerprint density at radius 1 is 0.594 bits per heavy atom. The SMILES string of the molecule is O=C(Nc1cccnc1)c1ccc(N=Nc2ccc(C(=O)Nc3cccnc3)cc2)cc1. The molecule has 0 aliphatic carbocycles. The lowest BCUT2D eigenvalue weighted by Crippen LogP contribution is -2.11. The molecule has 8 nitrogen and oxygen atoms in total. The van der Waals surface area contributed by atoms with Crippen molar-refractivity contribution in [1.29, 1.82) is 0 Å². The molecule has 4 rings (SSSR count). The van der Waals surface area contributed by atoms with Crippen LogP contribution in [0, 0.1) is 0 Å². The molecule has 8 heteroatoms. The number of carbonyl (C=O) groups excluding carboxylic acids is 2. The first kappa shape index (κ1) is 20.5. The van der Waals surface area contributed by atoms with E-state index in [0.29, 0.717) is 33.9 Å². The van der Waals surface area contributed by atoms with Crippen LogP contribution in [0.15, 0.2) is 108 Å². The lowest BCUT2D eigenvalue weighted by molar-refractivity contribution is 0.101. The van der Waals surface area contributed by atoms with Crippen molar-refractivity contribution >= 4 is 34.6 Å². The topological polar surface area (TPSA) is 109 Å². The number of carbonyl (C=O) groups is 2. The molecule has 0 saturated carbocycles. The molecule has 0 saturated heterocycles. The van der Waals surface area contributed by atoms with Crippen LogP contribution < -0.4 is 10.6 Å². The number of rotatable bonds is 6. The highest BCUT2D eigenvalue weighted by Gasteiger charge is 2.07. The molecule has 0 bridgehead atoms. The smallest absolute Gasteiger partial charge is 0.255 e. The first-order valence-corrected chi connectivity index (χ1v) is 9.72. The van der Waals surface area contributed by atoms with E-state index in [0.717, 1.165) is 0 Å². The van der Waals surface area contributed by atoms with E-state index < -0.39 is 0 Å². The third kappa shape index (κ3) is 5.45. The third-order valence-corrected chi connectivity index (χ3v) is 4.38. The molecule has 0 atom stereocenters. The zero-order valence-corrected chi connectivity index (χ0v) is 16.8. The van der Waals surface area contributed by atoms with Gasteiger partial charge in [-0.1, -0.05) is 0 Å². The minimum Gasteiger partial charge on any atom is -0.321 e. The second-order valence-electron chi connectivity index (χ2n) is 6.69. The van der Waals surface area contributed by atoms with Gasteiger partial charge in [-0.3, -0.25) is 19.6 Å². The Balaban J connectivity index is 1.35. The summed E-state index contributed by atoms with van der Waals surface area (Å²) in [7, 11) is 0. The maximum absolute atomic E-state index is 12.3. The van der Waals surface area contributed by atoms with Crippen LogP contribution >= 0.6 is 0 Å². The van der Waals surface area contributed by atoms with E-state index in [4.69, 9.17) is 0 Å². The van der Waals surface area contributed by atoms with Gasteiger partial charge in [0.2, 0.25) is 0 Å². The molecule has 32 heavy (non-hydrogen) atoms. The van der Waals surface area contributed by atoms with Crippen molar-refractivity contribution in [3.05, 3.63) is 109 Å². The number of hydrogen-bond acceptors (Lipinski definition) is 6. The van der Waals surface area contributed by atoms with E-state index in [9.17, 15) is 9.59 Å². The van der Waals surface area contributed by atoms with Crippen molar-refractivity contribution in [3.8, 4) is 0 Å². The minimum atomic E-state index is -0.235. The van der Waals surface area contributed by atoms with Gasteiger partial charge in [-0.15, -0.1) is 0 Å². The highest BCUT2D eigenvalue weighted by molar-refractivity contribution is 6.04. The molecular weight excluding hydrogens is 404 g/mol. The summed E-state index contributed by atoms with van der Waals surface area (Å²) in [4.78, 5) is 32.5. The maximum atomic E-state index is 12.3. The highest BCUT2D eigenvalue weighted by Crippen LogP contribution is 2.20. The molecule has 0 fully saturated rings. The van der Waals surface area contributed by atoms with Gasteiger partial charge in [-0.05, 0) is 72.8 Å². The molecule has 0 spiro atoms. The van der Waals surface area contributed by atoms with Gasteiger partial charge >= 0.3 is 0 Å². The van der Waals surface area contributed by atoms with E-state index in [1.54, 1.807) is 97.6 Å². The van der Waals surface area contributed by atoms with E-state index >= 15 is 0 Å². The second-order valence-corrected chi connectivity index (χ2v) is 6.69. The van der Waals surface area contributed by atoms with Crippen LogP contribution in [0.2, 0.25) is 0 Å². The quantitative estimate of drug-likeness (QED) is 0.406. The van der Waals surface area contributed by atoms with Gasteiger partial charge in [-0.25, -0.2) is 0 Å². The zero-order valence-electron chi connectivity index (χ0n) is 16.8. The van der Waals surface area contributed by atoms with Crippen molar-refractivity contribution < 1.29 is 9.59 Å². The minimum absolute atomic E-state index is 0.235. The Bertz CT molecular complexity index is 1130. The van der Waals surface area contributed by atoms with E-state index in [1.165, 1.54) is 0 Å². The van der Waals surface area contributed by atoms with Crippen molar-refractivity contribution in [2.24, 2.45) is 10.2 Å². The first-order valence-electron chi connectivity index (χ1n) is 9.72. The number of hydrogen-bond donors (Lipinski definition) is 2. The van der Waals surface area contributed by atoms with Crippen molar-refractivity contribution in [1.82, 2.24) is 9.97 Å². The summed E-state index contributed by atoms with van der Waals surface area (Å²) in [6.45, 7) is 0. The maximum Gasteiger partial charge on any atom is 0.255 e. The summed E-state index contributed by atoms with van der Waals surface area (Å²) in [6, 6.07) is 20.5. The molecule has 2 heterocycles. The molecule has 156 valence electrons. The van der Waals surface area contributed by atoms with Crippen LogP contribution in [0.25, 0.3) is 0 Å². The summed E-state index contributed by atoms with van der Waals surface area (Å²) in [6.07, 6.45) is 6.43. The number of benzene rings is 2. The average Bonchev–Trinajstić information content (AvgIpc) is 2.84. The standard InChI is InChI=1S/C24H18N6O2/c31-23(27-21-3-1-13-25-15-21)17-5-9-19(10-6-17)29-30-20-11-7-18(8-12-20)24(32)28-22-4-2-14-26-16-22/h1-16H,(H,27,31)(H,28,32). The Labute approximate surface area is 184 Å². The van der Waals surface area contributed by atoms with Gasteiger partial charge in [0.05, 0.1) is 35.1 Å². The van der Waals surface area contributed by atoms with E-state index in [-0.39, 0.29) is 11.8 Å². The Kier molecular flexibility index (Phi) is 6.33. The molecular formula is C24H18N6O2. The summed E-state index contributed by atoms with van der Waals surface area (Å²) >= 11 is 0. The largest absolute Gasteiger partial charge is 0.321 e. The van der Waals surface area contributed by atoms with Crippen molar-refractivity contribution in [2.75, 3.05) is 10.6 Å². The first-order chi connectivity index (χ1) is 15.7. The van der Waals surface area contributed by atoms with Crippen LogP contribution in [0.4, 0.5) is 22.7 Å². The van der Waals surface area contributed by atoms with Crippen LogP contribution in [0.3, 0.4) is 0 Å². The molecule has 4 aromatic rings. The fourth-order valence-corrected chi connectivity index (χ4v) is 2.75. The highest BCUT2D eigenvalue weighted by atomic mass is 16.2. The summed E-state index contributed by atoms with van der Waals surface area (Å²) < 4.78 is 0. The van der Waals surface area contributed by atoms with Crippen LogP contribution in [-0.4, -0.2) is 21.8 Å². The fourth-order valence-electron chi connectivity index (χ4n) is 2.75. The monoisotopic (exact) mass is 422 g/mol. The van der Waals surface area contributed by atoms with Crippen LogP contribution in [0.1, 0.15) is 20.7 Å². The summed E-state index contributed by atoms with van der Waals surface area (Å²) in [5, 5.41) is 13.9. The summed E-state index contributed by atoms with van der Waals surface area (Å²) in [5.74, 6) is -0.469. The number of nitrogens with zero attached hydrogens (tertiary/aromatic N) is 4. The van der Waals surface area contributed by atoms with Gasteiger partial charge in [0, 0.05) is 23.5 Å².